The molecule has 0 atom stereocenters. The summed E-state index contributed by atoms with van der Waals surface area (Å²) in [6, 6.07) is 37.3. The molecule has 0 spiro atoms. The van der Waals surface area contributed by atoms with Gasteiger partial charge in [0.15, 0.2) is 0 Å². The second-order valence-corrected chi connectivity index (χ2v) is 7.73. The molecule has 2 nitrogen and oxygen atoms in total. The van der Waals surface area contributed by atoms with Crippen molar-refractivity contribution in [1.82, 2.24) is 0 Å². The van der Waals surface area contributed by atoms with Crippen molar-refractivity contribution in [3.05, 3.63) is 115 Å². The van der Waals surface area contributed by atoms with E-state index in [2.05, 4.69) is 79.7 Å². The van der Waals surface area contributed by atoms with Gasteiger partial charge >= 0.3 is 0 Å². The number of hydrogen-bond acceptors (Lipinski definition) is 2. The summed E-state index contributed by atoms with van der Waals surface area (Å²) in [5.41, 5.74) is 14.4. The summed E-state index contributed by atoms with van der Waals surface area (Å²) in [6.07, 6.45) is 0. The number of benzene rings is 4. The fourth-order valence-electron chi connectivity index (χ4n) is 3.94. The van der Waals surface area contributed by atoms with E-state index in [9.17, 15) is 0 Å². The molecule has 5 aromatic rings. The first-order valence-electron chi connectivity index (χ1n) is 10.4. The zero-order chi connectivity index (χ0) is 21.2. The van der Waals surface area contributed by atoms with Crippen molar-refractivity contribution in [2.45, 2.75) is 6.92 Å². The number of aryl methyl sites for hydroxylation is 1. The van der Waals surface area contributed by atoms with Gasteiger partial charge in [0.25, 0.3) is 0 Å². The fraction of sp³-hybridized carbons (Fsp3) is 0.0345. The topological polar surface area (TPSA) is 39.2 Å². The van der Waals surface area contributed by atoms with E-state index in [0.29, 0.717) is 0 Å². The Morgan fingerprint density at radius 3 is 1.35 bits per heavy atom. The van der Waals surface area contributed by atoms with Crippen molar-refractivity contribution in [1.29, 1.82) is 0 Å². The number of rotatable bonds is 4. The van der Waals surface area contributed by atoms with Gasteiger partial charge in [-0.2, -0.15) is 0 Å². The van der Waals surface area contributed by atoms with Crippen LogP contribution in [0.5, 0.6) is 0 Å². The highest BCUT2D eigenvalue weighted by Crippen LogP contribution is 2.48. The molecule has 4 aromatic carbocycles. The average molecular weight is 402 g/mol. The van der Waals surface area contributed by atoms with Crippen molar-refractivity contribution in [2.75, 3.05) is 5.73 Å². The van der Waals surface area contributed by atoms with E-state index in [0.717, 1.165) is 50.6 Å². The summed E-state index contributed by atoms with van der Waals surface area (Å²) in [4.78, 5) is 0. The Labute approximate surface area is 182 Å². The molecule has 1 heterocycles. The molecular weight excluding hydrogens is 378 g/mol. The van der Waals surface area contributed by atoms with Gasteiger partial charge in [0, 0.05) is 27.9 Å². The lowest BCUT2D eigenvalue weighted by Crippen LogP contribution is -1.87. The van der Waals surface area contributed by atoms with E-state index in [4.69, 9.17) is 10.2 Å². The zero-order valence-corrected chi connectivity index (χ0v) is 17.4. The Balaban J connectivity index is 1.87. The first-order chi connectivity index (χ1) is 15.2. The van der Waals surface area contributed by atoms with E-state index < -0.39 is 0 Å². The molecule has 150 valence electrons. The minimum Gasteiger partial charge on any atom is -0.455 e. The van der Waals surface area contributed by atoms with Gasteiger partial charge < -0.3 is 10.2 Å². The quantitative estimate of drug-likeness (QED) is 0.312. The molecule has 0 radical (unpaired) electrons. The van der Waals surface area contributed by atoms with Gasteiger partial charge in [-0.1, -0.05) is 90.5 Å². The van der Waals surface area contributed by atoms with Gasteiger partial charge in [-0.05, 0) is 42.3 Å². The third kappa shape index (κ3) is 3.64. The maximum Gasteiger partial charge on any atom is 0.143 e. The van der Waals surface area contributed by atoms with Gasteiger partial charge in [0.2, 0.25) is 0 Å². The van der Waals surface area contributed by atoms with Gasteiger partial charge in [0.05, 0.1) is 0 Å². The van der Waals surface area contributed by atoms with E-state index >= 15 is 0 Å². The van der Waals surface area contributed by atoms with Gasteiger partial charge in [-0.15, -0.1) is 0 Å². The molecule has 0 unspecified atom stereocenters. The molecule has 2 heteroatoms. The lowest BCUT2D eigenvalue weighted by Gasteiger charge is -2.08. The van der Waals surface area contributed by atoms with Crippen LogP contribution in [0.4, 0.5) is 5.69 Å². The Bertz CT molecular complexity index is 1200. The minimum absolute atomic E-state index is 0.735. The van der Waals surface area contributed by atoms with E-state index in [1.165, 1.54) is 5.56 Å². The fourth-order valence-corrected chi connectivity index (χ4v) is 3.94. The molecule has 0 bridgehead atoms. The number of furan rings is 1. The smallest absolute Gasteiger partial charge is 0.143 e. The Kier molecular flexibility index (Phi) is 4.89. The van der Waals surface area contributed by atoms with Crippen LogP contribution in [-0.2, 0) is 0 Å². The number of nitrogens with two attached hydrogens (primary N) is 1. The highest BCUT2D eigenvalue weighted by molar-refractivity contribution is 5.99. The molecule has 1 aromatic heterocycles. The normalized spacial score (nSPS) is 10.9. The molecule has 0 fully saturated rings. The predicted molar refractivity (Wildman–Crippen MR) is 130 cm³/mol. The van der Waals surface area contributed by atoms with Crippen LogP contribution in [-0.4, -0.2) is 0 Å². The van der Waals surface area contributed by atoms with E-state index in [1.54, 1.807) is 0 Å². The van der Waals surface area contributed by atoms with Crippen molar-refractivity contribution in [2.24, 2.45) is 0 Å². The monoisotopic (exact) mass is 401 g/mol. The summed E-state index contributed by atoms with van der Waals surface area (Å²) in [5.74, 6) is 1.72. The van der Waals surface area contributed by atoms with Crippen LogP contribution in [0.3, 0.4) is 0 Å². The highest BCUT2D eigenvalue weighted by atomic mass is 16.3. The maximum absolute atomic E-state index is 6.67. The SMILES string of the molecule is Cc1ccc(-c2oc(-c3ccc(N)cc3)c(-c3ccccc3)c2-c2ccccc2)cc1. The van der Waals surface area contributed by atoms with Crippen LogP contribution < -0.4 is 5.73 Å². The second kappa shape index (κ2) is 8.00. The van der Waals surface area contributed by atoms with Crippen LogP contribution in [0.2, 0.25) is 0 Å². The van der Waals surface area contributed by atoms with Crippen LogP contribution in [0.1, 0.15) is 5.56 Å². The lowest BCUT2D eigenvalue weighted by atomic mass is 9.91. The molecule has 0 aliphatic carbocycles. The minimum atomic E-state index is 0.735. The Morgan fingerprint density at radius 1 is 0.484 bits per heavy atom. The van der Waals surface area contributed by atoms with Crippen molar-refractivity contribution in [3.8, 4) is 44.9 Å². The van der Waals surface area contributed by atoms with Crippen LogP contribution in [0.25, 0.3) is 44.9 Å². The molecule has 0 saturated carbocycles. The Hall–Kier alpha value is -4.04. The molecule has 31 heavy (non-hydrogen) atoms. The lowest BCUT2D eigenvalue weighted by molar-refractivity contribution is 0.599. The number of hydrogen-bond donors (Lipinski definition) is 1. The van der Waals surface area contributed by atoms with Crippen molar-refractivity contribution in [3.63, 3.8) is 0 Å². The summed E-state index contributed by atoms with van der Waals surface area (Å²) >= 11 is 0. The van der Waals surface area contributed by atoms with E-state index in [1.807, 2.05) is 36.4 Å². The van der Waals surface area contributed by atoms with Gasteiger partial charge in [0.1, 0.15) is 11.5 Å². The molecular formula is C29H23NO. The standard InChI is InChI=1S/C29H23NO/c1-20-12-14-23(15-13-20)28-26(21-8-4-2-5-9-21)27(22-10-6-3-7-11-22)29(31-28)24-16-18-25(30)19-17-24/h2-19H,30H2,1H3. The number of anilines is 1. The number of nitrogen functional groups attached to an aromatic ring is 1. The van der Waals surface area contributed by atoms with Gasteiger partial charge in [-0.3, -0.25) is 0 Å². The first-order valence-corrected chi connectivity index (χ1v) is 10.4. The molecule has 0 aliphatic heterocycles. The largest absolute Gasteiger partial charge is 0.455 e. The summed E-state index contributed by atoms with van der Waals surface area (Å²) in [6.45, 7) is 2.10. The third-order valence-corrected chi connectivity index (χ3v) is 5.52. The molecule has 0 amide bonds. The summed E-state index contributed by atoms with van der Waals surface area (Å²) < 4.78 is 6.67. The Morgan fingerprint density at radius 2 is 0.903 bits per heavy atom. The third-order valence-electron chi connectivity index (χ3n) is 5.52. The van der Waals surface area contributed by atoms with Crippen LogP contribution >= 0.6 is 0 Å². The summed E-state index contributed by atoms with van der Waals surface area (Å²) in [7, 11) is 0. The molecule has 5 rings (SSSR count). The predicted octanol–water partition coefficient (Wildman–Crippen LogP) is 7.84. The van der Waals surface area contributed by atoms with Gasteiger partial charge in [-0.25, -0.2) is 0 Å². The maximum atomic E-state index is 6.67. The van der Waals surface area contributed by atoms with Crippen LogP contribution in [0, 0.1) is 6.92 Å². The zero-order valence-electron chi connectivity index (χ0n) is 17.4. The first kappa shape index (κ1) is 19.0. The molecule has 2 N–H and O–H groups in total. The highest BCUT2D eigenvalue weighted by Gasteiger charge is 2.24. The summed E-state index contributed by atoms with van der Waals surface area (Å²) in [5, 5.41) is 0. The second-order valence-electron chi connectivity index (χ2n) is 7.73. The molecule has 0 saturated heterocycles. The van der Waals surface area contributed by atoms with E-state index in [-0.39, 0.29) is 0 Å². The van der Waals surface area contributed by atoms with Crippen LogP contribution in [0.15, 0.2) is 114 Å². The van der Waals surface area contributed by atoms with Crippen molar-refractivity contribution < 1.29 is 4.42 Å². The average Bonchev–Trinajstić information content (AvgIpc) is 3.22. The van der Waals surface area contributed by atoms with Crippen molar-refractivity contribution >= 4 is 5.69 Å². The molecule has 0 aliphatic rings.